The van der Waals surface area contributed by atoms with Crippen molar-refractivity contribution in [1.29, 1.82) is 0 Å². The first kappa shape index (κ1) is 20.7. The third-order valence-corrected chi connectivity index (χ3v) is 6.52. The number of aliphatic carboxylic acids is 1. The molecule has 3 aliphatic heterocycles. The molecule has 3 rings (SSSR count). The van der Waals surface area contributed by atoms with E-state index in [1.165, 1.54) is 11.0 Å². The number of rotatable bonds is 4. The largest absolute Gasteiger partial charge is 0.477 e. The molecule has 0 bridgehead atoms. The molecule has 2 unspecified atom stereocenters. The molecule has 0 aliphatic carbocycles. The van der Waals surface area contributed by atoms with Crippen LogP contribution < -0.4 is 0 Å². The second-order valence-corrected chi connectivity index (χ2v) is 9.61. The zero-order valence-corrected chi connectivity index (χ0v) is 17.2. The van der Waals surface area contributed by atoms with Crippen molar-refractivity contribution >= 4 is 35.6 Å². The maximum atomic E-state index is 12.5. The molecule has 154 valence electrons. The zero-order chi connectivity index (χ0) is 20.6. The van der Waals surface area contributed by atoms with Crippen LogP contribution in [0.5, 0.6) is 0 Å². The molecule has 9 heteroatoms. The van der Waals surface area contributed by atoms with Crippen LogP contribution in [0.25, 0.3) is 0 Å². The number of nitrogens with zero attached hydrogens (tertiary/aromatic N) is 2. The van der Waals surface area contributed by atoms with Gasteiger partial charge in [-0.2, -0.15) is 0 Å². The van der Waals surface area contributed by atoms with Crippen LogP contribution in [0.15, 0.2) is 11.0 Å². The van der Waals surface area contributed by atoms with Crippen molar-refractivity contribution in [2.75, 3.05) is 19.6 Å². The van der Waals surface area contributed by atoms with Crippen molar-refractivity contribution in [3.63, 3.8) is 0 Å². The molecule has 8 nitrogen and oxygen atoms in total. The lowest BCUT2D eigenvalue weighted by atomic mass is 9.93. The van der Waals surface area contributed by atoms with E-state index in [4.69, 9.17) is 9.84 Å². The minimum atomic E-state index is -1.09. The molecule has 28 heavy (non-hydrogen) atoms. The maximum absolute atomic E-state index is 12.5. The van der Waals surface area contributed by atoms with Gasteiger partial charge in [0.1, 0.15) is 10.9 Å². The number of fused-ring (bicyclic) bond motifs is 1. The van der Waals surface area contributed by atoms with Crippen molar-refractivity contribution in [1.82, 2.24) is 9.80 Å². The van der Waals surface area contributed by atoms with Crippen LogP contribution in [0, 0.1) is 11.8 Å². The number of likely N-dealkylation sites (tertiary alicyclic amines) is 2. The van der Waals surface area contributed by atoms with Gasteiger partial charge in [0.05, 0.1) is 10.8 Å². The van der Waals surface area contributed by atoms with E-state index in [1.807, 2.05) is 20.8 Å². The molecule has 3 amide bonds. The number of carboxylic acids is 1. The second kappa shape index (κ2) is 7.77. The number of amides is 3. The maximum Gasteiger partial charge on any atom is 0.410 e. The first-order valence-electron chi connectivity index (χ1n) is 9.52. The number of hydrogen-bond acceptors (Lipinski definition) is 6. The Balaban J connectivity index is 1.47. The smallest absolute Gasteiger partial charge is 0.410 e. The molecule has 2 atom stereocenters. The van der Waals surface area contributed by atoms with E-state index >= 15 is 0 Å². The van der Waals surface area contributed by atoms with Crippen LogP contribution in [0.2, 0.25) is 0 Å². The van der Waals surface area contributed by atoms with Gasteiger partial charge in [-0.3, -0.25) is 14.5 Å². The van der Waals surface area contributed by atoms with Gasteiger partial charge in [0.25, 0.3) is 0 Å². The van der Waals surface area contributed by atoms with E-state index in [-0.39, 0.29) is 22.8 Å². The van der Waals surface area contributed by atoms with Gasteiger partial charge in [0.15, 0.2) is 0 Å². The van der Waals surface area contributed by atoms with E-state index in [0.717, 1.165) is 24.6 Å². The molecular weight excluding hydrogens is 384 g/mol. The number of ether oxygens (including phenoxy) is 1. The highest BCUT2D eigenvalue weighted by Crippen LogP contribution is 2.42. The molecule has 1 N–H and O–H groups in total. The number of hydrogen-bond donors (Lipinski definition) is 1. The number of carboxylic acid groups (broad SMARTS) is 1. The Morgan fingerprint density at radius 1 is 1.21 bits per heavy atom. The van der Waals surface area contributed by atoms with Crippen molar-refractivity contribution < 1.29 is 29.0 Å². The number of carbonyl (C=O) groups is 4. The number of imide groups is 1. The lowest BCUT2D eigenvalue weighted by molar-refractivity contribution is -0.139. The molecule has 2 fully saturated rings. The summed E-state index contributed by atoms with van der Waals surface area (Å²) in [6.45, 7) is 7.07. The SMILES string of the molecule is CC(C)(C)OC(=O)N1CCC(CCN2C(=O)C3C=C(C(=O)O)SC3C2=O)CC1. The minimum absolute atomic E-state index is 0.0749. The molecule has 0 aromatic carbocycles. The van der Waals surface area contributed by atoms with Crippen LogP contribution in [0.4, 0.5) is 4.79 Å². The fourth-order valence-corrected chi connectivity index (χ4v) is 4.90. The lowest BCUT2D eigenvalue weighted by Gasteiger charge is -2.33. The van der Waals surface area contributed by atoms with E-state index in [0.29, 0.717) is 32.0 Å². The van der Waals surface area contributed by atoms with Gasteiger partial charge in [-0.1, -0.05) is 0 Å². The molecule has 3 heterocycles. The van der Waals surface area contributed by atoms with Gasteiger partial charge in [0, 0.05) is 19.6 Å². The first-order valence-corrected chi connectivity index (χ1v) is 10.4. The number of carbonyl (C=O) groups excluding carboxylic acids is 3. The Morgan fingerprint density at radius 2 is 1.86 bits per heavy atom. The van der Waals surface area contributed by atoms with E-state index in [9.17, 15) is 19.2 Å². The molecule has 2 saturated heterocycles. The Labute approximate surface area is 168 Å². The van der Waals surface area contributed by atoms with Crippen LogP contribution in [-0.2, 0) is 19.1 Å². The van der Waals surface area contributed by atoms with Gasteiger partial charge in [-0.05, 0) is 52.0 Å². The third kappa shape index (κ3) is 4.34. The highest BCUT2D eigenvalue weighted by atomic mass is 32.2. The van der Waals surface area contributed by atoms with Gasteiger partial charge in [-0.25, -0.2) is 9.59 Å². The van der Waals surface area contributed by atoms with Gasteiger partial charge in [-0.15, -0.1) is 11.8 Å². The number of piperidine rings is 1. The summed E-state index contributed by atoms with van der Waals surface area (Å²) in [5.74, 6) is -2.01. The molecule has 0 saturated carbocycles. The first-order chi connectivity index (χ1) is 13.1. The molecule has 0 radical (unpaired) electrons. The molecule has 0 spiro atoms. The summed E-state index contributed by atoms with van der Waals surface area (Å²) in [6, 6.07) is 0. The summed E-state index contributed by atoms with van der Waals surface area (Å²) in [5, 5.41) is 8.41. The molecule has 0 aromatic heterocycles. The van der Waals surface area contributed by atoms with E-state index in [1.54, 1.807) is 4.90 Å². The van der Waals surface area contributed by atoms with Crippen molar-refractivity contribution in [2.24, 2.45) is 11.8 Å². The van der Waals surface area contributed by atoms with Gasteiger partial charge < -0.3 is 14.7 Å². The average Bonchev–Trinajstić information content (AvgIpc) is 3.13. The quantitative estimate of drug-likeness (QED) is 0.708. The topological polar surface area (TPSA) is 104 Å². The third-order valence-electron chi connectivity index (χ3n) is 5.21. The Morgan fingerprint density at radius 3 is 2.39 bits per heavy atom. The van der Waals surface area contributed by atoms with E-state index in [2.05, 4.69) is 0 Å². The Hall–Kier alpha value is -2.03. The lowest BCUT2D eigenvalue weighted by Crippen LogP contribution is -2.42. The monoisotopic (exact) mass is 410 g/mol. The fraction of sp³-hybridized carbons (Fsp3) is 0.684. The molecule has 3 aliphatic rings. The van der Waals surface area contributed by atoms with E-state index < -0.39 is 22.7 Å². The van der Waals surface area contributed by atoms with Crippen LogP contribution in [-0.4, -0.2) is 69.3 Å². The van der Waals surface area contributed by atoms with Gasteiger partial charge in [0.2, 0.25) is 11.8 Å². The minimum Gasteiger partial charge on any atom is -0.477 e. The second-order valence-electron chi connectivity index (χ2n) is 8.43. The highest BCUT2D eigenvalue weighted by molar-refractivity contribution is 8.05. The van der Waals surface area contributed by atoms with Crippen molar-refractivity contribution in [3.8, 4) is 0 Å². The van der Waals surface area contributed by atoms with Crippen LogP contribution in [0.1, 0.15) is 40.0 Å². The summed E-state index contributed by atoms with van der Waals surface area (Å²) >= 11 is 0.966. The highest BCUT2D eigenvalue weighted by Gasteiger charge is 2.51. The fourth-order valence-electron chi connectivity index (χ4n) is 3.73. The van der Waals surface area contributed by atoms with Crippen LogP contribution >= 0.6 is 11.8 Å². The van der Waals surface area contributed by atoms with Crippen molar-refractivity contribution in [2.45, 2.75) is 50.9 Å². The Bertz CT molecular complexity index is 720. The summed E-state index contributed by atoms with van der Waals surface area (Å²) in [7, 11) is 0. The summed E-state index contributed by atoms with van der Waals surface area (Å²) in [5.41, 5.74) is -0.518. The van der Waals surface area contributed by atoms with Crippen LogP contribution in [0.3, 0.4) is 0 Å². The molecular formula is C19H26N2O6S. The summed E-state index contributed by atoms with van der Waals surface area (Å²) < 4.78 is 5.39. The number of thioether (sulfide) groups is 1. The van der Waals surface area contributed by atoms with Crippen molar-refractivity contribution in [3.05, 3.63) is 11.0 Å². The summed E-state index contributed by atoms with van der Waals surface area (Å²) in [4.78, 5) is 51.2. The summed E-state index contributed by atoms with van der Waals surface area (Å²) in [6.07, 6.45) is 3.40. The predicted molar refractivity (Wildman–Crippen MR) is 102 cm³/mol. The predicted octanol–water partition coefficient (Wildman–Crippen LogP) is 2.09. The van der Waals surface area contributed by atoms with Gasteiger partial charge >= 0.3 is 12.1 Å². The normalized spacial score (nSPS) is 25.8. The zero-order valence-electron chi connectivity index (χ0n) is 16.3. The Kier molecular flexibility index (Phi) is 5.74. The molecule has 0 aromatic rings. The average molecular weight is 410 g/mol. The standard InChI is InChI=1S/C19H26N2O6S/c1-19(2,3)27-18(26)20-7-4-11(5-8-20)6-9-21-15(22)12-10-13(17(24)25)28-14(12)16(21)23/h10-12,14H,4-9H2,1-3H3,(H,24,25).